The summed E-state index contributed by atoms with van der Waals surface area (Å²) >= 11 is 0. The van der Waals surface area contributed by atoms with Crippen molar-refractivity contribution < 1.29 is 19.1 Å². The maximum absolute atomic E-state index is 12.0. The number of ether oxygens (including phenoxy) is 2. The van der Waals surface area contributed by atoms with E-state index >= 15 is 0 Å². The Balaban J connectivity index is 2.77. The van der Waals surface area contributed by atoms with E-state index in [9.17, 15) is 9.59 Å². The molecule has 0 radical (unpaired) electrons. The van der Waals surface area contributed by atoms with Crippen molar-refractivity contribution in [3.05, 3.63) is 23.8 Å². The highest BCUT2D eigenvalue weighted by molar-refractivity contribution is 5.96. The minimum absolute atomic E-state index is 0.270. The van der Waals surface area contributed by atoms with E-state index in [2.05, 4.69) is 10.9 Å². The van der Waals surface area contributed by atoms with Gasteiger partial charge in [0.25, 0.3) is 5.91 Å². The fourth-order valence-corrected chi connectivity index (χ4v) is 1.46. The van der Waals surface area contributed by atoms with Gasteiger partial charge in [-0.3, -0.25) is 20.4 Å². The van der Waals surface area contributed by atoms with E-state index < -0.39 is 11.3 Å². The molecule has 0 atom stereocenters. The molecule has 6 nitrogen and oxygen atoms in total. The molecule has 0 aliphatic heterocycles. The largest absolute Gasteiger partial charge is 0.493 e. The van der Waals surface area contributed by atoms with Gasteiger partial charge in [-0.25, -0.2) is 0 Å². The Morgan fingerprint density at radius 3 is 2.33 bits per heavy atom. The van der Waals surface area contributed by atoms with Crippen molar-refractivity contribution in [1.29, 1.82) is 0 Å². The SMILES string of the molecule is CCOc1ccc(C(=O)NNC(=O)C(C)(C)C)cc1OC. The smallest absolute Gasteiger partial charge is 0.269 e. The molecular formula is C15H22N2O4. The number of methoxy groups -OCH3 is 1. The van der Waals surface area contributed by atoms with Crippen molar-refractivity contribution in [3.63, 3.8) is 0 Å². The molecule has 0 saturated heterocycles. The molecule has 0 saturated carbocycles. The Bertz CT molecular complexity index is 521. The molecule has 1 aromatic carbocycles. The molecule has 21 heavy (non-hydrogen) atoms. The minimum Gasteiger partial charge on any atom is -0.493 e. The summed E-state index contributed by atoms with van der Waals surface area (Å²) in [6, 6.07) is 4.82. The lowest BCUT2D eigenvalue weighted by Crippen LogP contribution is -2.46. The molecule has 0 aromatic heterocycles. The molecular weight excluding hydrogens is 272 g/mol. The first-order valence-corrected chi connectivity index (χ1v) is 6.71. The number of hydrogen-bond acceptors (Lipinski definition) is 4. The lowest BCUT2D eigenvalue weighted by molar-refractivity contribution is -0.129. The van der Waals surface area contributed by atoms with E-state index in [0.29, 0.717) is 23.7 Å². The fourth-order valence-electron chi connectivity index (χ4n) is 1.46. The number of carbonyl (C=O) groups excluding carboxylic acids is 2. The highest BCUT2D eigenvalue weighted by Crippen LogP contribution is 2.27. The van der Waals surface area contributed by atoms with Crippen LogP contribution in [0.3, 0.4) is 0 Å². The number of hydrogen-bond donors (Lipinski definition) is 2. The zero-order valence-corrected chi connectivity index (χ0v) is 13.1. The summed E-state index contributed by atoms with van der Waals surface area (Å²) in [5.41, 5.74) is 4.55. The summed E-state index contributed by atoms with van der Waals surface area (Å²) in [6.45, 7) is 7.64. The fraction of sp³-hybridized carbons (Fsp3) is 0.467. The number of benzene rings is 1. The van der Waals surface area contributed by atoms with E-state index in [0.717, 1.165) is 0 Å². The Kier molecular flexibility index (Phi) is 5.58. The number of nitrogens with one attached hydrogen (secondary N) is 2. The van der Waals surface area contributed by atoms with Crippen molar-refractivity contribution in [2.75, 3.05) is 13.7 Å². The van der Waals surface area contributed by atoms with Crippen molar-refractivity contribution in [1.82, 2.24) is 10.9 Å². The molecule has 0 spiro atoms. The molecule has 6 heteroatoms. The van der Waals surface area contributed by atoms with Gasteiger partial charge in [-0.1, -0.05) is 20.8 Å². The van der Waals surface area contributed by atoms with Gasteiger partial charge in [0.2, 0.25) is 5.91 Å². The van der Waals surface area contributed by atoms with Crippen LogP contribution in [0.5, 0.6) is 11.5 Å². The van der Waals surface area contributed by atoms with E-state index in [-0.39, 0.29) is 5.91 Å². The quantitative estimate of drug-likeness (QED) is 0.832. The predicted octanol–water partition coefficient (Wildman–Crippen LogP) is 1.90. The van der Waals surface area contributed by atoms with Crippen LogP contribution in [-0.4, -0.2) is 25.5 Å². The molecule has 0 aliphatic rings. The summed E-state index contributed by atoms with van der Waals surface area (Å²) in [7, 11) is 1.50. The Labute approximate surface area is 124 Å². The topological polar surface area (TPSA) is 76.7 Å². The van der Waals surface area contributed by atoms with Crippen LogP contribution >= 0.6 is 0 Å². The number of amides is 2. The third kappa shape index (κ3) is 4.66. The number of hydrazine groups is 1. The van der Waals surface area contributed by atoms with Gasteiger partial charge >= 0.3 is 0 Å². The van der Waals surface area contributed by atoms with Crippen LogP contribution in [0.15, 0.2) is 18.2 Å². The number of rotatable bonds is 4. The molecule has 2 N–H and O–H groups in total. The Hall–Kier alpha value is -2.24. The normalized spacial score (nSPS) is 10.7. The molecule has 0 bridgehead atoms. The standard InChI is InChI=1S/C15H22N2O4/c1-6-21-11-8-7-10(9-12(11)20-5)13(18)16-17-14(19)15(2,3)4/h7-9H,6H2,1-5H3,(H,16,18)(H,17,19). The lowest BCUT2D eigenvalue weighted by Gasteiger charge is -2.18. The van der Waals surface area contributed by atoms with Crippen LogP contribution in [-0.2, 0) is 4.79 Å². The third-order valence-electron chi connectivity index (χ3n) is 2.70. The van der Waals surface area contributed by atoms with Crippen LogP contribution in [0.2, 0.25) is 0 Å². The summed E-state index contributed by atoms with van der Waals surface area (Å²) in [5.74, 6) is 0.338. The molecule has 1 aromatic rings. The van der Waals surface area contributed by atoms with Gasteiger partial charge < -0.3 is 9.47 Å². The summed E-state index contributed by atoms with van der Waals surface area (Å²) in [5, 5.41) is 0. The summed E-state index contributed by atoms with van der Waals surface area (Å²) in [4.78, 5) is 23.7. The molecule has 0 aliphatic carbocycles. The molecule has 0 heterocycles. The zero-order chi connectivity index (χ0) is 16.0. The second-order valence-electron chi connectivity index (χ2n) is 5.46. The molecule has 116 valence electrons. The van der Waals surface area contributed by atoms with Gasteiger partial charge in [0, 0.05) is 11.0 Å². The number of carbonyl (C=O) groups is 2. The van der Waals surface area contributed by atoms with Crippen LogP contribution in [0.25, 0.3) is 0 Å². The maximum Gasteiger partial charge on any atom is 0.269 e. The minimum atomic E-state index is -0.580. The van der Waals surface area contributed by atoms with Gasteiger partial charge in [0.1, 0.15) is 0 Å². The van der Waals surface area contributed by atoms with Crippen molar-refractivity contribution in [3.8, 4) is 11.5 Å². The Morgan fingerprint density at radius 1 is 1.14 bits per heavy atom. The van der Waals surface area contributed by atoms with Crippen LogP contribution < -0.4 is 20.3 Å². The second kappa shape index (κ2) is 6.97. The van der Waals surface area contributed by atoms with Crippen molar-refractivity contribution in [2.24, 2.45) is 5.41 Å². The van der Waals surface area contributed by atoms with E-state index in [1.807, 2.05) is 6.92 Å². The average molecular weight is 294 g/mol. The highest BCUT2D eigenvalue weighted by Gasteiger charge is 2.21. The van der Waals surface area contributed by atoms with Crippen LogP contribution in [0.4, 0.5) is 0 Å². The van der Waals surface area contributed by atoms with Gasteiger partial charge in [0.15, 0.2) is 11.5 Å². The summed E-state index contributed by atoms with van der Waals surface area (Å²) in [6.07, 6.45) is 0. The Morgan fingerprint density at radius 2 is 1.81 bits per heavy atom. The van der Waals surface area contributed by atoms with Gasteiger partial charge in [-0.15, -0.1) is 0 Å². The first-order valence-electron chi connectivity index (χ1n) is 6.71. The third-order valence-corrected chi connectivity index (χ3v) is 2.70. The maximum atomic E-state index is 12.0. The lowest BCUT2D eigenvalue weighted by atomic mass is 9.96. The van der Waals surface area contributed by atoms with Crippen molar-refractivity contribution >= 4 is 11.8 Å². The molecule has 1 rings (SSSR count). The monoisotopic (exact) mass is 294 g/mol. The zero-order valence-electron chi connectivity index (χ0n) is 13.1. The van der Waals surface area contributed by atoms with Crippen molar-refractivity contribution in [2.45, 2.75) is 27.7 Å². The molecule has 0 fully saturated rings. The summed E-state index contributed by atoms with van der Waals surface area (Å²) < 4.78 is 10.6. The van der Waals surface area contributed by atoms with E-state index in [1.165, 1.54) is 7.11 Å². The van der Waals surface area contributed by atoms with Gasteiger partial charge in [0.05, 0.1) is 13.7 Å². The molecule has 2 amide bonds. The van der Waals surface area contributed by atoms with Gasteiger partial charge in [-0.2, -0.15) is 0 Å². The van der Waals surface area contributed by atoms with Crippen LogP contribution in [0, 0.1) is 5.41 Å². The first-order chi connectivity index (χ1) is 9.79. The van der Waals surface area contributed by atoms with Gasteiger partial charge in [-0.05, 0) is 25.1 Å². The average Bonchev–Trinajstić information content (AvgIpc) is 2.44. The van der Waals surface area contributed by atoms with Crippen LogP contribution in [0.1, 0.15) is 38.1 Å². The highest BCUT2D eigenvalue weighted by atomic mass is 16.5. The predicted molar refractivity (Wildman–Crippen MR) is 79.2 cm³/mol. The molecule has 0 unspecified atom stereocenters. The first kappa shape index (κ1) is 16.8. The van der Waals surface area contributed by atoms with E-state index in [1.54, 1.807) is 39.0 Å². The van der Waals surface area contributed by atoms with E-state index in [4.69, 9.17) is 9.47 Å². The second-order valence-corrected chi connectivity index (χ2v) is 5.46.